The maximum atomic E-state index is 11.6. The van der Waals surface area contributed by atoms with Gasteiger partial charge in [-0.2, -0.15) is 0 Å². The summed E-state index contributed by atoms with van der Waals surface area (Å²) in [6, 6.07) is 0.151. The number of piperidine rings is 1. The minimum Gasteiger partial charge on any atom is -0.298 e. The van der Waals surface area contributed by atoms with Crippen LogP contribution in [-0.2, 0) is 4.79 Å². The molecule has 0 bridgehead atoms. The van der Waals surface area contributed by atoms with Crippen LogP contribution in [0.2, 0.25) is 0 Å². The molecule has 0 aromatic carbocycles. The van der Waals surface area contributed by atoms with Crippen LogP contribution < -0.4 is 0 Å². The quantitative estimate of drug-likeness (QED) is 0.697. The Morgan fingerprint density at radius 1 is 1.33 bits per heavy atom. The van der Waals surface area contributed by atoms with Gasteiger partial charge in [-0.1, -0.05) is 26.7 Å². The Kier molecular flexibility index (Phi) is 5.30. The summed E-state index contributed by atoms with van der Waals surface area (Å²) >= 11 is 0. The molecule has 0 aliphatic carbocycles. The highest BCUT2D eigenvalue weighted by atomic mass is 16.1. The monoisotopic (exact) mass is 211 g/mol. The Morgan fingerprint density at radius 2 is 1.93 bits per heavy atom. The maximum Gasteiger partial charge on any atom is 0.149 e. The zero-order valence-electron chi connectivity index (χ0n) is 10.5. The summed E-state index contributed by atoms with van der Waals surface area (Å²) in [6.45, 7) is 8.53. The van der Waals surface area contributed by atoms with Crippen molar-refractivity contribution in [1.29, 1.82) is 0 Å². The number of nitrogens with zero attached hydrogens (tertiary/aromatic N) is 1. The Balaban J connectivity index is 2.33. The van der Waals surface area contributed by atoms with E-state index in [1.807, 2.05) is 6.92 Å². The molecular formula is C13H25NO. The first-order valence-electron chi connectivity index (χ1n) is 6.45. The van der Waals surface area contributed by atoms with Gasteiger partial charge in [-0.3, -0.25) is 9.69 Å². The van der Waals surface area contributed by atoms with E-state index >= 15 is 0 Å². The molecule has 0 saturated carbocycles. The van der Waals surface area contributed by atoms with E-state index in [-0.39, 0.29) is 6.04 Å². The zero-order chi connectivity index (χ0) is 11.3. The number of rotatable bonds is 5. The second kappa shape index (κ2) is 6.26. The third kappa shape index (κ3) is 3.60. The van der Waals surface area contributed by atoms with Crippen molar-refractivity contribution in [3.05, 3.63) is 0 Å². The Labute approximate surface area is 94.0 Å². The van der Waals surface area contributed by atoms with Crippen molar-refractivity contribution in [2.75, 3.05) is 13.1 Å². The van der Waals surface area contributed by atoms with Crippen LogP contribution in [0.4, 0.5) is 0 Å². The average Bonchev–Trinajstić information content (AvgIpc) is 2.28. The molecule has 15 heavy (non-hydrogen) atoms. The molecule has 1 aliphatic rings. The molecule has 1 heterocycles. The molecule has 1 saturated heterocycles. The summed E-state index contributed by atoms with van der Waals surface area (Å²) < 4.78 is 0. The lowest BCUT2D eigenvalue weighted by atomic mass is 9.91. The van der Waals surface area contributed by atoms with Crippen LogP contribution in [0, 0.1) is 5.92 Å². The van der Waals surface area contributed by atoms with Crippen molar-refractivity contribution in [1.82, 2.24) is 4.90 Å². The standard InChI is InChI=1S/C13H25NO/c1-4-6-12-7-9-14(10-8-12)11(3)13(15)5-2/h11-12H,4-10H2,1-3H3. The lowest BCUT2D eigenvalue weighted by molar-refractivity contribution is -0.124. The van der Waals surface area contributed by atoms with Crippen LogP contribution in [0.25, 0.3) is 0 Å². The molecule has 0 aromatic heterocycles. The Bertz CT molecular complexity index is 195. The molecule has 1 unspecified atom stereocenters. The average molecular weight is 211 g/mol. The molecule has 0 amide bonds. The van der Waals surface area contributed by atoms with Gasteiger partial charge < -0.3 is 0 Å². The first-order chi connectivity index (χ1) is 7.19. The van der Waals surface area contributed by atoms with Crippen LogP contribution in [-0.4, -0.2) is 29.8 Å². The molecule has 1 fully saturated rings. The number of carbonyl (C=O) groups is 1. The number of carbonyl (C=O) groups excluding carboxylic acids is 1. The van der Waals surface area contributed by atoms with Crippen molar-refractivity contribution >= 4 is 5.78 Å². The van der Waals surface area contributed by atoms with E-state index < -0.39 is 0 Å². The SMILES string of the molecule is CCCC1CCN(C(C)C(=O)CC)CC1. The first-order valence-corrected chi connectivity index (χ1v) is 6.45. The molecule has 0 aromatic rings. The third-order valence-corrected chi connectivity index (χ3v) is 3.71. The van der Waals surface area contributed by atoms with Crippen molar-refractivity contribution in [2.24, 2.45) is 5.92 Å². The molecule has 0 N–H and O–H groups in total. The van der Waals surface area contributed by atoms with Crippen LogP contribution >= 0.6 is 0 Å². The molecule has 0 spiro atoms. The van der Waals surface area contributed by atoms with E-state index in [4.69, 9.17) is 0 Å². The van der Waals surface area contributed by atoms with E-state index in [2.05, 4.69) is 18.7 Å². The lowest BCUT2D eigenvalue weighted by Crippen LogP contribution is -2.43. The number of hydrogen-bond donors (Lipinski definition) is 0. The van der Waals surface area contributed by atoms with E-state index in [0.717, 1.165) is 19.0 Å². The smallest absolute Gasteiger partial charge is 0.149 e. The minimum atomic E-state index is 0.151. The number of Topliss-reactive ketones (excluding diaryl/α,β-unsaturated/α-hetero) is 1. The van der Waals surface area contributed by atoms with Gasteiger partial charge in [0.1, 0.15) is 5.78 Å². The molecular weight excluding hydrogens is 186 g/mol. The van der Waals surface area contributed by atoms with E-state index in [1.54, 1.807) is 0 Å². The van der Waals surface area contributed by atoms with Gasteiger partial charge in [0.05, 0.1) is 6.04 Å². The summed E-state index contributed by atoms with van der Waals surface area (Å²) in [5.41, 5.74) is 0. The fraction of sp³-hybridized carbons (Fsp3) is 0.923. The predicted molar refractivity (Wildman–Crippen MR) is 64.0 cm³/mol. The zero-order valence-corrected chi connectivity index (χ0v) is 10.5. The largest absolute Gasteiger partial charge is 0.298 e. The van der Waals surface area contributed by atoms with Gasteiger partial charge in [0.15, 0.2) is 0 Å². The Hall–Kier alpha value is -0.370. The fourth-order valence-electron chi connectivity index (χ4n) is 2.54. The van der Waals surface area contributed by atoms with Crippen molar-refractivity contribution in [2.45, 2.75) is 58.9 Å². The van der Waals surface area contributed by atoms with Gasteiger partial charge in [0.2, 0.25) is 0 Å². The fourth-order valence-corrected chi connectivity index (χ4v) is 2.54. The number of hydrogen-bond acceptors (Lipinski definition) is 2. The summed E-state index contributed by atoms with van der Waals surface area (Å²) in [5, 5.41) is 0. The van der Waals surface area contributed by atoms with E-state index in [1.165, 1.54) is 25.7 Å². The van der Waals surface area contributed by atoms with Gasteiger partial charge in [-0.05, 0) is 38.8 Å². The van der Waals surface area contributed by atoms with Crippen molar-refractivity contribution in [3.8, 4) is 0 Å². The van der Waals surface area contributed by atoms with Crippen molar-refractivity contribution in [3.63, 3.8) is 0 Å². The van der Waals surface area contributed by atoms with Crippen LogP contribution in [0.15, 0.2) is 0 Å². The normalized spacial score (nSPS) is 21.5. The molecule has 88 valence electrons. The first kappa shape index (κ1) is 12.7. The number of ketones is 1. The van der Waals surface area contributed by atoms with E-state index in [9.17, 15) is 4.79 Å². The van der Waals surface area contributed by atoms with Crippen LogP contribution in [0.1, 0.15) is 52.9 Å². The third-order valence-electron chi connectivity index (χ3n) is 3.71. The van der Waals surface area contributed by atoms with Gasteiger partial charge in [0, 0.05) is 6.42 Å². The highest BCUT2D eigenvalue weighted by Crippen LogP contribution is 2.23. The number of likely N-dealkylation sites (tertiary alicyclic amines) is 1. The lowest BCUT2D eigenvalue weighted by Gasteiger charge is -2.35. The second-order valence-corrected chi connectivity index (χ2v) is 4.76. The van der Waals surface area contributed by atoms with Gasteiger partial charge in [-0.15, -0.1) is 0 Å². The van der Waals surface area contributed by atoms with Crippen molar-refractivity contribution < 1.29 is 4.79 Å². The molecule has 0 radical (unpaired) electrons. The van der Waals surface area contributed by atoms with Gasteiger partial charge >= 0.3 is 0 Å². The Morgan fingerprint density at radius 3 is 2.40 bits per heavy atom. The highest BCUT2D eigenvalue weighted by Gasteiger charge is 2.24. The van der Waals surface area contributed by atoms with Gasteiger partial charge in [-0.25, -0.2) is 0 Å². The molecule has 2 nitrogen and oxygen atoms in total. The van der Waals surface area contributed by atoms with Crippen LogP contribution in [0.5, 0.6) is 0 Å². The van der Waals surface area contributed by atoms with Crippen LogP contribution in [0.3, 0.4) is 0 Å². The topological polar surface area (TPSA) is 20.3 Å². The molecule has 1 atom stereocenters. The molecule has 2 heteroatoms. The summed E-state index contributed by atoms with van der Waals surface area (Å²) in [7, 11) is 0. The summed E-state index contributed by atoms with van der Waals surface area (Å²) in [5.74, 6) is 1.30. The summed E-state index contributed by atoms with van der Waals surface area (Å²) in [6.07, 6.45) is 5.92. The highest BCUT2D eigenvalue weighted by molar-refractivity contribution is 5.83. The van der Waals surface area contributed by atoms with Gasteiger partial charge in [0.25, 0.3) is 0 Å². The molecule has 1 rings (SSSR count). The second-order valence-electron chi connectivity index (χ2n) is 4.76. The molecule has 1 aliphatic heterocycles. The minimum absolute atomic E-state index is 0.151. The summed E-state index contributed by atoms with van der Waals surface area (Å²) in [4.78, 5) is 13.9. The predicted octanol–water partition coefficient (Wildman–Crippen LogP) is 2.87. The van der Waals surface area contributed by atoms with E-state index in [0.29, 0.717) is 12.2 Å². The maximum absolute atomic E-state index is 11.6.